The van der Waals surface area contributed by atoms with E-state index >= 15 is 0 Å². The van der Waals surface area contributed by atoms with E-state index in [4.69, 9.17) is 9.47 Å². The number of carbonyl (C=O) groups is 2. The minimum Gasteiger partial charge on any atom is -0.493 e. The molecule has 0 radical (unpaired) electrons. The first kappa shape index (κ1) is 21.7. The number of amides is 1. The first-order valence-corrected chi connectivity index (χ1v) is 10.3. The van der Waals surface area contributed by atoms with Crippen LogP contribution in [0.4, 0.5) is 4.79 Å². The van der Waals surface area contributed by atoms with Gasteiger partial charge < -0.3 is 14.8 Å². The summed E-state index contributed by atoms with van der Waals surface area (Å²) in [6, 6.07) is 6.39. The molecule has 0 saturated carbocycles. The van der Waals surface area contributed by atoms with Gasteiger partial charge in [0.05, 0.1) is 23.3 Å². The third-order valence-electron chi connectivity index (χ3n) is 3.93. The van der Waals surface area contributed by atoms with E-state index in [0.29, 0.717) is 0 Å². The minimum atomic E-state index is -3.81. The van der Waals surface area contributed by atoms with Gasteiger partial charge in [0.25, 0.3) is 0 Å². The summed E-state index contributed by atoms with van der Waals surface area (Å²) in [5.74, 6) is -0.978. The summed E-state index contributed by atoms with van der Waals surface area (Å²) >= 11 is 0. The van der Waals surface area contributed by atoms with Gasteiger partial charge in [-0.3, -0.25) is 4.79 Å². The molecule has 0 fully saturated rings. The van der Waals surface area contributed by atoms with Gasteiger partial charge in [0, 0.05) is 0 Å². The van der Waals surface area contributed by atoms with Crippen molar-refractivity contribution < 1.29 is 27.5 Å². The Morgan fingerprint density at radius 2 is 1.79 bits per heavy atom. The van der Waals surface area contributed by atoms with Crippen molar-refractivity contribution in [3.8, 4) is 0 Å². The highest BCUT2D eigenvalue weighted by atomic mass is 32.2. The van der Waals surface area contributed by atoms with Crippen molar-refractivity contribution >= 4 is 21.7 Å². The van der Waals surface area contributed by atoms with E-state index in [1.807, 2.05) is 6.92 Å². The van der Waals surface area contributed by atoms with Crippen molar-refractivity contribution in [2.24, 2.45) is 0 Å². The molecule has 0 spiro atoms. The molecule has 7 nitrogen and oxygen atoms in total. The molecule has 1 aromatic rings. The zero-order valence-corrected chi connectivity index (χ0v) is 17.4. The summed E-state index contributed by atoms with van der Waals surface area (Å²) in [7, 11) is -2.51. The first-order chi connectivity index (χ1) is 12.9. The number of benzene rings is 1. The molecule has 152 valence electrons. The van der Waals surface area contributed by atoms with Gasteiger partial charge in [0.15, 0.2) is 15.6 Å². The second-order valence-electron chi connectivity index (χ2n) is 7.65. The molecule has 1 N–H and O–H groups in total. The lowest BCUT2D eigenvalue weighted by Gasteiger charge is -2.32. The van der Waals surface area contributed by atoms with E-state index in [9.17, 15) is 18.0 Å². The SMILES string of the molecule is COC1=CC(CS(=O)(=O)c2ccc(C)cc2)(NC(=O)OC(C)(C)C)C=CC1=O. The van der Waals surface area contributed by atoms with Crippen LogP contribution in [0.5, 0.6) is 0 Å². The van der Waals surface area contributed by atoms with Crippen molar-refractivity contribution in [3.63, 3.8) is 0 Å². The number of allylic oxidation sites excluding steroid dienone is 1. The largest absolute Gasteiger partial charge is 0.493 e. The molecule has 1 aliphatic rings. The normalized spacial score (nSPS) is 19.8. The van der Waals surface area contributed by atoms with Gasteiger partial charge in [-0.15, -0.1) is 0 Å². The number of hydrogen-bond donors (Lipinski definition) is 1. The number of rotatable bonds is 5. The molecule has 0 saturated heterocycles. The topological polar surface area (TPSA) is 98.8 Å². The Labute approximate surface area is 165 Å². The van der Waals surface area contributed by atoms with Gasteiger partial charge in [-0.1, -0.05) is 17.7 Å². The molecule has 1 unspecified atom stereocenters. The Morgan fingerprint density at radius 1 is 1.18 bits per heavy atom. The second kappa shape index (κ2) is 7.79. The van der Waals surface area contributed by atoms with Crippen molar-refractivity contribution in [3.05, 3.63) is 53.8 Å². The zero-order chi connectivity index (χ0) is 21.2. The van der Waals surface area contributed by atoms with Crippen molar-refractivity contribution in [1.82, 2.24) is 5.32 Å². The number of methoxy groups -OCH3 is 1. The van der Waals surface area contributed by atoms with Crippen LogP contribution in [0.15, 0.2) is 53.1 Å². The van der Waals surface area contributed by atoms with Crippen LogP contribution in [0, 0.1) is 6.92 Å². The molecule has 2 rings (SSSR count). The van der Waals surface area contributed by atoms with Crippen LogP contribution in [-0.2, 0) is 24.1 Å². The molecule has 0 aliphatic heterocycles. The summed E-state index contributed by atoms with van der Waals surface area (Å²) < 4.78 is 36.3. The Balaban J connectivity index is 2.43. The number of nitrogens with one attached hydrogen (secondary N) is 1. The standard InChI is InChI=1S/C20H25NO6S/c1-14-6-8-15(9-7-14)28(24,25)13-20(21-18(23)27-19(2,3)4)11-10-16(22)17(12-20)26-5/h6-12H,13H2,1-5H3,(H,21,23). The molecule has 0 aromatic heterocycles. The summed E-state index contributed by atoms with van der Waals surface area (Å²) in [4.78, 5) is 24.4. The number of sulfone groups is 1. The van der Waals surface area contributed by atoms with Crippen LogP contribution >= 0.6 is 0 Å². The molecule has 1 atom stereocenters. The molecule has 1 aromatic carbocycles. The maximum absolute atomic E-state index is 13.0. The minimum absolute atomic E-state index is 0.0577. The fraction of sp³-hybridized carbons (Fsp3) is 0.400. The van der Waals surface area contributed by atoms with E-state index in [0.717, 1.165) is 5.56 Å². The van der Waals surface area contributed by atoms with E-state index in [1.165, 1.54) is 37.5 Å². The average molecular weight is 407 g/mol. The predicted molar refractivity (Wildman–Crippen MR) is 105 cm³/mol. The maximum Gasteiger partial charge on any atom is 0.408 e. The molecule has 8 heteroatoms. The summed E-state index contributed by atoms with van der Waals surface area (Å²) in [6.45, 7) is 6.93. The monoisotopic (exact) mass is 407 g/mol. The molecule has 1 amide bonds. The van der Waals surface area contributed by atoms with Crippen LogP contribution < -0.4 is 5.32 Å². The predicted octanol–water partition coefficient (Wildman–Crippen LogP) is 2.70. The van der Waals surface area contributed by atoms with Crippen LogP contribution in [0.2, 0.25) is 0 Å². The maximum atomic E-state index is 13.0. The van der Waals surface area contributed by atoms with Crippen LogP contribution in [0.25, 0.3) is 0 Å². The Kier molecular flexibility index (Phi) is 6.03. The molecule has 1 aliphatic carbocycles. The van der Waals surface area contributed by atoms with Crippen LogP contribution in [0.3, 0.4) is 0 Å². The van der Waals surface area contributed by atoms with Gasteiger partial charge in [-0.25, -0.2) is 13.2 Å². The number of alkyl carbamates (subject to hydrolysis) is 1. The van der Waals surface area contributed by atoms with Gasteiger partial charge in [-0.2, -0.15) is 0 Å². The fourth-order valence-electron chi connectivity index (χ4n) is 2.66. The molecular weight excluding hydrogens is 382 g/mol. The number of hydrogen-bond acceptors (Lipinski definition) is 6. The van der Waals surface area contributed by atoms with Gasteiger partial charge in [0.2, 0.25) is 5.78 Å². The third kappa shape index (κ3) is 5.45. The van der Waals surface area contributed by atoms with Gasteiger partial charge in [-0.05, 0) is 58.1 Å². The molecule has 0 heterocycles. The summed E-state index contributed by atoms with van der Waals surface area (Å²) in [5.41, 5.74) is -1.35. The second-order valence-corrected chi connectivity index (χ2v) is 9.64. The number of ketones is 1. The zero-order valence-electron chi connectivity index (χ0n) is 16.6. The highest BCUT2D eigenvalue weighted by Gasteiger charge is 2.38. The van der Waals surface area contributed by atoms with Gasteiger partial charge >= 0.3 is 6.09 Å². The highest BCUT2D eigenvalue weighted by Crippen LogP contribution is 2.25. The first-order valence-electron chi connectivity index (χ1n) is 8.67. The van der Waals surface area contributed by atoms with Crippen molar-refractivity contribution in [1.29, 1.82) is 0 Å². The molecular formula is C20H25NO6S. The average Bonchev–Trinajstić information content (AvgIpc) is 2.55. The molecule has 0 bridgehead atoms. The van der Waals surface area contributed by atoms with Crippen LogP contribution in [-0.4, -0.2) is 44.3 Å². The molecule has 28 heavy (non-hydrogen) atoms. The fourth-order valence-corrected chi connectivity index (χ4v) is 4.26. The Morgan fingerprint density at radius 3 is 2.32 bits per heavy atom. The van der Waals surface area contributed by atoms with Crippen molar-refractivity contribution in [2.75, 3.05) is 12.9 Å². The highest BCUT2D eigenvalue weighted by molar-refractivity contribution is 7.91. The van der Waals surface area contributed by atoms with E-state index < -0.39 is 38.6 Å². The number of ether oxygens (including phenoxy) is 2. The summed E-state index contributed by atoms with van der Waals surface area (Å²) in [6.07, 6.45) is 3.01. The summed E-state index contributed by atoms with van der Waals surface area (Å²) in [5, 5.41) is 2.58. The van der Waals surface area contributed by atoms with Crippen LogP contribution in [0.1, 0.15) is 26.3 Å². The van der Waals surface area contributed by atoms with Crippen molar-refractivity contribution in [2.45, 2.75) is 43.7 Å². The van der Waals surface area contributed by atoms with E-state index in [1.54, 1.807) is 32.9 Å². The smallest absolute Gasteiger partial charge is 0.408 e. The Hall–Kier alpha value is -2.61. The quantitative estimate of drug-likeness (QED) is 0.806. The lowest BCUT2D eigenvalue weighted by Crippen LogP contribution is -2.53. The lowest BCUT2D eigenvalue weighted by molar-refractivity contribution is -0.114. The Bertz CT molecular complexity index is 922. The number of aryl methyl sites for hydroxylation is 1. The van der Waals surface area contributed by atoms with E-state index in [2.05, 4.69) is 5.32 Å². The van der Waals surface area contributed by atoms with Gasteiger partial charge in [0.1, 0.15) is 5.60 Å². The lowest BCUT2D eigenvalue weighted by atomic mass is 9.94. The third-order valence-corrected chi connectivity index (χ3v) is 5.77. The van der Waals surface area contributed by atoms with E-state index in [-0.39, 0.29) is 10.7 Å². The number of carbonyl (C=O) groups excluding carboxylic acids is 2.